The molecule has 0 saturated carbocycles. The van der Waals surface area contributed by atoms with Crippen molar-refractivity contribution in [3.05, 3.63) is 41.7 Å². The molecule has 3 rings (SSSR count). The van der Waals surface area contributed by atoms with Gasteiger partial charge in [-0.15, -0.1) is 5.10 Å². The molecule has 0 spiro atoms. The van der Waals surface area contributed by atoms with Crippen molar-refractivity contribution in [3.63, 3.8) is 0 Å². The van der Waals surface area contributed by atoms with Crippen LogP contribution in [0.3, 0.4) is 0 Å². The third-order valence-electron chi connectivity index (χ3n) is 4.07. The first-order chi connectivity index (χ1) is 12.0. The van der Waals surface area contributed by atoms with Gasteiger partial charge in [-0.3, -0.25) is 4.79 Å². The smallest absolute Gasteiger partial charge is 0.379 e. The van der Waals surface area contributed by atoms with E-state index in [1.54, 1.807) is 18.7 Å². The minimum Gasteiger partial charge on any atom is -0.447 e. The van der Waals surface area contributed by atoms with Gasteiger partial charge in [0.1, 0.15) is 11.6 Å². The third-order valence-corrected chi connectivity index (χ3v) is 4.07. The lowest BCUT2D eigenvalue weighted by Gasteiger charge is -2.19. The van der Waals surface area contributed by atoms with Gasteiger partial charge in [-0.1, -0.05) is 0 Å². The zero-order chi connectivity index (χ0) is 18.0. The van der Waals surface area contributed by atoms with Gasteiger partial charge in [0.15, 0.2) is 6.10 Å². The topological polar surface area (TPSA) is 77.3 Å². The van der Waals surface area contributed by atoms with Gasteiger partial charge in [-0.2, -0.15) is 0 Å². The van der Waals surface area contributed by atoms with Crippen molar-refractivity contribution in [2.75, 3.05) is 13.1 Å². The highest BCUT2D eigenvalue weighted by Gasteiger charge is 2.27. The van der Waals surface area contributed by atoms with Crippen LogP contribution in [0.2, 0.25) is 0 Å². The molecule has 2 aromatic rings. The number of aromatic nitrogens is 3. The van der Waals surface area contributed by atoms with E-state index in [0.29, 0.717) is 24.6 Å². The Kier molecular flexibility index (Phi) is 4.78. The van der Waals surface area contributed by atoms with E-state index >= 15 is 0 Å². The first-order valence-corrected chi connectivity index (χ1v) is 8.15. The summed E-state index contributed by atoms with van der Waals surface area (Å²) in [5.74, 6) is -1.01. The molecule has 0 aliphatic carbocycles. The first kappa shape index (κ1) is 17.1. The molecular formula is C17H19FN4O3. The monoisotopic (exact) mass is 346 g/mol. The maximum Gasteiger partial charge on any atom is 0.379 e. The normalized spacial score (nSPS) is 15.2. The maximum absolute atomic E-state index is 13.0. The number of esters is 1. The zero-order valence-electron chi connectivity index (χ0n) is 14.1. The van der Waals surface area contributed by atoms with Crippen molar-refractivity contribution >= 4 is 11.9 Å². The van der Waals surface area contributed by atoms with E-state index in [-0.39, 0.29) is 17.5 Å². The number of hydrogen-bond acceptors (Lipinski definition) is 5. The Labute approximate surface area is 144 Å². The Hall–Kier alpha value is -2.77. The van der Waals surface area contributed by atoms with Crippen LogP contribution < -0.4 is 0 Å². The fourth-order valence-corrected chi connectivity index (χ4v) is 2.76. The summed E-state index contributed by atoms with van der Waals surface area (Å²) in [5.41, 5.74) is 0.576. The molecule has 1 fully saturated rings. The van der Waals surface area contributed by atoms with Gasteiger partial charge in [-0.25, -0.2) is 18.9 Å². The summed E-state index contributed by atoms with van der Waals surface area (Å²) in [6, 6.07) is 5.66. The zero-order valence-corrected chi connectivity index (χ0v) is 14.1. The number of halogens is 1. The number of carbonyl (C=O) groups is 2. The summed E-state index contributed by atoms with van der Waals surface area (Å²) in [7, 11) is 0. The van der Waals surface area contributed by atoms with E-state index in [4.69, 9.17) is 4.74 Å². The number of nitrogens with zero attached hydrogens (tertiary/aromatic N) is 4. The Morgan fingerprint density at radius 3 is 2.48 bits per heavy atom. The summed E-state index contributed by atoms with van der Waals surface area (Å²) >= 11 is 0. The molecule has 1 atom stereocenters. The van der Waals surface area contributed by atoms with E-state index in [2.05, 4.69) is 10.1 Å². The second kappa shape index (κ2) is 7.00. The van der Waals surface area contributed by atoms with Gasteiger partial charge >= 0.3 is 5.97 Å². The van der Waals surface area contributed by atoms with Crippen molar-refractivity contribution in [1.82, 2.24) is 19.7 Å². The highest BCUT2D eigenvalue weighted by Crippen LogP contribution is 2.13. The van der Waals surface area contributed by atoms with E-state index in [9.17, 15) is 14.0 Å². The Morgan fingerprint density at radius 1 is 1.20 bits per heavy atom. The number of benzene rings is 1. The average Bonchev–Trinajstić information content (AvgIpc) is 3.24. The standard InChI is InChI=1S/C17H19FN4O3/c1-11(16(23)21-9-3-4-10-21)25-17(24)15-19-12(2)22(20-15)14-7-5-13(18)6-8-14/h5-8,11H,3-4,9-10H2,1-2H3. The summed E-state index contributed by atoms with van der Waals surface area (Å²) < 4.78 is 19.7. The van der Waals surface area contributed by atoms with Crippen LogP contribution in [0, 0.1) is 12.7 Å². The average molecular weight is 346 g/mol. The van der Waals surface area contributed by atoms with Crippen LogP contribution >= 0.6 is 0 Å². The molecule has 1 aliphatic rings. The molecule has 2 heterocycles. The third kappa shape index (κ3) is 3.67. The SMILES string of the molecule is Cc1nc(C(=O)OC(C)C(=O)N2CCCC2)nn1-c1ccc(F)cc1. The summed E-state index contributed by atoms with van der Waals surface area (Å²) in [5, 5.41) is 4.10. The molecule has 8 heteroatoms. The number of amides is 1. The second-order valence-electron chi connectivity index (χ2n) is 5.95. The van der Waals surface area contributed by atoms with Crippen LogP contribution in [0.25, 0.3) is 5.69 Å². The number of carbonyl (C=O) groups excluding carboxylic acids is 2. The second-order valence-corrected chi connectivity index (χ2v) is 5.95. The molecule has 25 heavy (non-hydrogen) atoms. The van der Waals surface area contributed by atoms with Crippen molar-refractivity contribution < 1.29 is 18.7 Å². The van der Waals surface area contributed by atoms with Crippen molar-refractivity contribution in [2.24, 2.45) is 0 Å². The fourth-order valence-electron chi connectivity index (χ4n) is 2.76. The molecule has 1 aromatic heterocycles. The number of likely N-dealkylation sites (tertiary alicyclic amines) is 1. The van der Waals surface area contributed by atoms with Crippen LogP contribution in [-0.2, 0) is 9.53 Å². The van der Waals surface area contributed by atoms with Crippen LogP contribution in [0.4, 0.5) is 4.39 Å². The predicted molar refractivity (Wildman–Crippen MR) is 86.7 cm³/mol. The van der Waals surface area contributed by atoms with Gasteiger partial charge in [0.05, 0.1) is 5.69 Å². The van der Waals surface area contributed by atoms with Gasteiger partial charge < -0.3 is 9.64 Å². The number of rotatable bonds is 4. The molecule has 7 nitrogen and oxygen atoms in total. The molecular weight excluding hydrogens is 327 g/mol. The molecule has 1 aromatic carbocycles. The molecule has 1 amide bonds. The Bertz CT molecular complexity index is 782. The first-order valence-electron chi connectivity index (χ1n) is 8.15. The molecule has 1 unspecified atom stereocenters. The lowest BCUT2D eigenvalue weighted by atomic mass is 10.3. The van der Waals surface area contributed by atoms with E-state index < -0.39 is 12.1 Å². The van der Waals surface area contributed by atoms with Crippen LogP contribution in [0.5, 0.6) is 0 Å². The van der Waals surface area contributed by atoms with Gasteiger partial charge in [-0.05, 0) is 51.0 Å². The van der Waals surface area contributed by atoms with Crippen molar-refractivity contribution in [1.29, 1.82) is 0 Å². The van der Waals surface area contributed by atoms with Crippen LogP contribution in [0.15, 0.2) is 24.3 Å². The lowest BCUT2D eigenvalue weighted by Crippen LogP contribution is -2.38. The summed E-state index contributed by atoms with van der Waals surface area (Å²) in [6.45, 7) is 4.60. The Morgan fingerprint density at radius 2 is 1.84 bits per heavy atom. The summed E-state index contributed by atoms with van der Waals surface area (Å²) in [6.07, 6.45) is 1.05. The Balaban J connectivity index is 1.71. The van der Waals surface area contributed by atoms with Crippen molar-refractivity contribution in [3.8, 4) is 5.69 Å². The quantitative estimate of drug-likeness (QED) is 0.790. The largest absolute Gasteiger partial charge is 0.447 e. The lowest BCUT2D eigenvalue weighted by molar-refractivity contribution is -0.138. The van der Waals surface area contributed by atoms with Gasteiger partial charge in [0.2, 0.25) is 0 Å². The molecule has 1 saturated heterocycles. The number of hydrogen-bond donors (Lipinski definition) is 0. The molecule has 0 radical (unpaired) electrons. The van der Waals surface area contributed by atoms with Gasteiger partial charge in [0.25, 0.3) is 11.7 Å². The van der Waals surface area contributed by atoms with E-state index in [1.807, 2.05) is 0 Å². The molecule has 1 aliphatic heterocycles. The highest BCUT2D eigenvalue weighted by atomic mass is 19.1. The van der Waals surface area contributed by atoms with E-state index in [0.717, 1.165) is 12.8 Å². The van der Waals surface area contributed by atoms with Crippen LogP contribution in [-0.4, -0.2) is 50.7 Å². The highest BCUT2D eigenvalue weighted by molar-refractivity contribution is 5.89. The minimum absolute atomic E-state index is 0.136. The fraction of sp³-hybridized carbons (Fsp3) is 0.412. The maximum atomic E-state index is 13.0. The molecule has 0 bridgehead atoms. The van der Waals surface area contributed by atoms with Crippen LogP contribution in [0.1, 0.15) is 36.2 Å². The number of aryl methyl sites for hydroxylation is 1. The molecule has 132 valence electrons. The minimum atomic E-state index is -0.885. The van der Waals surface area contributed by atoms with Gasteiger partial charge in [0, 0.05) is 13.1 Å². The number of ether oxygens (including phenoxy) is 1. The summed E-state index contributed by atoms with van der Waals surface area (Å²) in [4.78, 5) is 30.2. The molecule has 0 N–H and O–H groups in total. The van der Waals surface area contributed by atoms with E-state index in [1.165, 1.54) is 28.9 Å². The van der Waals surface area contributed by atoms with Crippen molar-refractivity contribution in [2.45, 2.75) is 32.8 Å². The predicted octanol–water partition coefficient (Wildman–Crippen LogP) is 1.88.